The van der Waals surface area contributed by atoms with E-state index in [4.69, 9.17) is 18.0 Å². The predicted octanol–water partition coefficient (Wildman–Crippen LogP) is 1.89. The number of nitrogens with zero attached hydrogens (tertiary/aromatic N) is 1. The zero-order valence-corrected chi connectivity index (χ0v) is 7.48. The molecule has 0 amide bonds. The average molecular weight is 179 g/mol. The number of pyridine rings is 1. The first-order valence-electron chi connectivity index (χ1n) is 3.64. The number of nitrogens with two attached hydrogens (primary N) is 1. The Balaban J connectivity index is 2.92. The van der Waals surface area contributed by atoms with E-state index in [0.717, 1.165) is 15.6 Å². The summed E-state index contributed by atoms with van der Waals surface area (Å²) in [6.45, 7) is 1.98. The van der Waals surface area contributed by atoms with Crippen LogP contribution in [0.25, 0.3) is 5.52 Å². The molecule has 0 aliphatic heterocycles. The Morgan fingerprint density at radius 2 is 2.25 bits per heavy atom. The van der Waals surface area contributed by atoms with Crippen molar-refractivity contribution >= 4 is 23.6 Å². The number of nitrogens with one attached hydrogen (secondary N) is 1. The zero-order chi connectivity index (χ0) is 8.72. The van der Waals surface area contributed by atoms with E-state index in [0.29, 0.717) is 5.82 Å². The highest BCUT2D eigenvalue weighted by Gasteiger charge is 1.96. The maximum Gasteiger partial charge on any atom is 0.117 e. The molecule has 12 heavy (non-hydrogen) atoms. The molecule has 0 aliphatic carbocycles. The number of anilines is 1. The van der Waals surface area contributed by atoms with Crippen LogP contribution in [0.1, 0.15) is 5.56 Å². The van der Waals surface area contributed by atoms with Crippen LogP contribution in [0.3, 0.4) is 0 Å². The summed E-state index contributed by atoms with van der Waals surface area (Å²) in [5, 5.41) is 2.97. The topological polar surface area (TPSA) is 46.2 Å². The fraction of sp³-hybridized carbons (Fsp3) is 0.125. The van der Waals surface area contributed by atoms with Crippen molar-refractivity contribution in [3.8, 4) is 0 Å². The van der Waals surface area contributed by atoms with Gasteiger partial charge in [-0.1, -0.05) is 12.2 Å². The minimum Gasteiger partial charge on any atom is -0.384 e. The molecule has 2 rings (SSSR count). The minimum atomic E-state index is 0.648. The van der Waals surface area contributed by atoms with Gasteiger partial charge in [0.05, 0.1) is 5.52 Å². The highest BCUT2D eigenvalue weighted by Crippen LogP contribution is 2.10. The number of nitrogen functional groups attached to an aromatic ring is 1. The van der Waals surface area contributed by atoms with Crippen molar-refractivity contribution in [3.63, 3.8) is 0 Å². The standard InChI is InChI=1S/C8H9N3S/c1-5-4-11-6(2-7(5)12)3-8(9)10-11/h2-4,10H,9H2,1H3. The first kappa shape index (κ1) is 7.36. The monoisotopic (exact) mass is 179 g/mol. The molecule has 0 aromatic carbocycles. The van der Waals surface area contributed by atoms with Crippen LogP contribution < -0.4 is 5.73 Å². The molecule has 2 aromatic heterocycles. The third kappa shape index (κ3) is 1.00. The number of rotatable bonds is 0. The molecule has 4 heteroatoms. The summed E-state index contributed by atoms with van der Waals surface area (Å²) in [6.07, 6.45) is 1.94. The number of H-pyrrole nitrogens is 1. The molecule has 0 bridgehead atoms. The fourth-order valence-corrected chi connectivity index (χ4v) is 1.36. The maximum atomic E-state index is 5.58. The summed E-state index contributed by atoms with van der Waals surface area (Å²) in [5.74, 6) is 0.648. The SMILES string of the molecule is Cc1cn2[nH]c(N)cc2cc1=S. The van der Waals surface area contributed by atoms with Gasteiger partial charge in [-0.25, -0.2) is 0 Å². The summed E-state index contributed by atoms with van der Waals surface area (Å²) in [7, 11) is 0. The van der Waals surface area contributed by atoms with Gasteiger partial charge in [0.2, 0.25) is 0 Å². The molecular weight excluding hydrogens is 170 g/mol. The van der Waals surface area contributed by atoms with Gasteiger partial charge in [0.15, 0.2) is 0 Å². The quantitative estimate of drug-likeness (QED) is 0.607. The lowest BCUT2D eigenvalue weighted by molar-refractivity contribution is 0.957. The lowest BCUT2D eigenvalue weighted by Crippen LogP contribution is -1.90. The number of fused-ring (bicyclic) bond motifs is 1. The van der Waals surface area contributed by atoms with E-state index in [-0.39, 0.29) is 0 Å². The molecular formula is C8H9N3S. The van der Waals surface area contributed by atoms with Crippen molar-refractivity contribution in [2.45, 2.75) is 6.92 Å². The van der Waals surface area contributed by atoms with Gasteiger partial charge in [0, 0.05) is 16.8 Å². The second-order valence-corrected chi connectivity index (χ2v) is 3.27. The summed E-state index contributed by atoms with van der Waals surface area (Å²) in [6, 6.07) is 3.78. The normalized spacial score (nSPS) is 10.8. The Bertz CT molecular complexity index is 480. The second kappa shape index (κ2) is 2.35. The average Bonchev–Trinajstić information content (AvgIpc) is 2.30. The van der Waals surface area contributed by atoms with Crippen molar-refractivity contribution in [1.82, 2.24) is 9.61 Å². The molecule has 3 N–H and O–H groups in total. The summed E-state index contributed by atoms with van der Waals surface area (Å²) < 4.78 is 2.73. The summed E-state index contributed by atoms with van der Waals surface area (Å²) in [4.78, 5) is 0. The minimum absolute atomic E-state index is 0.648. The van der Waals surface area contributed by atoms with Crippen LogP contribution in [0.5, 0.6) is 0 Å². The molecule has 0 saturated heterocycles. The molecule has 0 fully saturated rings. The summed E-state index contributed by atoms with van der Waals surface area (Å²) in [5.41, 5.74) is 7.66. The van der Waals surface area contributed by atoms with Crippen LogP contribution in [0.2, 0.25) is 0 Å². The number of hydrogen-bond acceptors (Lipinski definition) is 2. The Morgan fingerprint density at radius 1 is 1.50 bits per heavy atom. The Labute approximate surface area is 74.8 Å². The van der Waals surface area contributed by atoms with Gasteiger partial charge >= 0.3 is 0 Å². The smallest absolute Gasteiger partial charge is 0.117 e. The molecule has 0 unspecified atom stereocenters. The van der Waals surface area contributed by atoms with E-state index < -0.39 is 0 Å². The first-order valence-corrected chi connectivity index (χ1v) is 4.05. The van der Waals surface area contributed by atoms with E-state index in [2.05, 4.69) is 5.10 Å². The lowest BCUT2D eigenvalue weighted by Gasteiger charge is -1.95. The highest BCUT2D eigenvalue weighted by molar-refractivity contribution is 7.71. The van der Waals surface area contributed by atoms with Gasteiger partial charge in [-0.3, -0.25) is 9.61 Å². The van der Waals surface area contributed by atoms with Gasteiger partial charge in [-0.2, -0.15) is 0 Å². The van der Waals surface area contributed by atoms with Crippen LogP contribution in [0, 0.1) is 11.4 Å². The van der Waals surface area contributed by atoms with Crippen molar-refractivity contribution in [2.24, 2.45) is 0 Å². The molecule has 0 aliphatic rings. The number of aromatic nitrogens is 2. The first-order chi connectivity index (χ1) is 5.66. The Morgan fingerprint density at radius 3 is 3.00 bits per heavy atom. The van der Waals surface area contributed by atoms with Crippen molar-refractivity contribution in [1.29, 1.82) is 0 Å². The van der Waals surface area contributed by atoms with Gasteiger partial charge in [-0.05, 0) is 18.6 Å². The Kier molecular flexibility index (Phi) is 1.44. The maximum absolute atomic E-state index is 5.58. The summed E-state index contributed by atoms with van der Waals surface area (Å²) >= 11 is 5.12. The van der Waals surface area contributed by atoms with Crippen molar-refractivity contribution in [2.75, 3.05) is 5.73 Å². The second-order valence-electron chi connectivity index (χ2n) is 2.83. The van der Waals surface area contributed by atoms with Crippen LogP contribution in [0.15, 0.2) is 18.3 Å². The molecule has 0 radical (unpaired) electrons. The fourth-order valence-electron chi connectivity index (χ4n) is 1.19. The molecule has 3 nitrogen and oxygen atoms in total. The van der Waals surface area contributed by atoms with Crippen LogP contribution in [-0.4, -0.2) is 9.61 Å². The Hall–Kier alpha value is -1.29. The number of aromatic amines is 1. The van der Waals surface area contributed by atoms with Gasteiger partial charge < -0.3 is 5.73 Å². The van der Waals surface area contributed by atoms with Crippen molar-refractivity contribution in [3.05, 3.63) is 28.4 Å². The van der Waals surface area contributed by atoms with E-state index >= 15 is 0 Å². The molecule has 62 valence electrons. The molecule has 0 spiro atoms. The van der Waals surface area contributed by atoms with Gasteiger partial charge in [-0.15, -0.1) is 0 Å². The number of hydrogen-bond donors (Lipinski definition) is 2. The van der Waals surface area contributed by atoms with E-state index in [1.165, 1.54) is 0 Å². The largest absolute Gasteiger partial charge is 0.384 e. The zero-order valence-electron chi connectivity index (χ0n) is 6.66. The predicted molar refractivity (Wildman–Crippen MR) is 51.7 cm³/mol. The van der Waals surface area contributed by atoms with E-state index in [1.807, 2.05) is 29.8 Å². The van der Waals surface area contributed by atoms with E-state index in [9.17, 15) is 0 Å². The highest BCUT2D eigenvalue weighted by atomic mass is 32.1. The third-order valence-electron chi connectivity index (χ3n) is 1.82. The van der Waals surface area contributed by atoms with Crippen molar-refractivity contribution < 1.29 is 0 Å². The molecule has 0 saturated carbocycles. The van der Waals surface area contributed by atoms with Crippen LogP contribution in [0.4, 0.5) is 5.82 Å². The molecule has 2 aromatic rings. The molecule has 0 atom stereocenters. The number of aryl methyl sites for hydroxylation is 1. The third-order valence-corrected chi connectivity index (χ3v) is 2.26. The molecule has 2 heterocycles. The van der Waals surface area contributed by atoms with Crippen LogP contribution in [-0.2, 0) is 0 Å². The van der Waals surface area contributed by atoms with Gasteiger partial charge in [0.1, 0.15) is 5.82 Å². The van der Waals surface area contributed by atoms with Crippen LogP contribution >= 0.6 is 12.2 Å². The van der Waals surface area contributed by atoms with E-state index in [1.54, 1.807) is 0 Å². The lowest BCUT2D eigenvalue weighted by atomic mass is 10.3. The van der Waals surface area contributed by atoms with Gasteiger partial charge in [0.25, 0.3) is 0 Å².